The maximum Gasteiger partial charge on any atom is 0.251 e. The van der Waals surface area contributed by atoms with E-state index in [-0.39, 0.29) is 28.8 Å². The minimum absolute atomic E-state index is 0.0559. The summed E-state index contributed by atoms with van der Waals surface area (Å²) in [6.07, 6.45) is 0. The number of hydrogen-bond donors (Lipinski definition) is 2. The molecule has 0 spiro atoms. The average Bonchev–Trinajstić information content (AvgIpc) is 2.99. The first-order valence-corrected chi connectivity index (χ1v) is 10.1. The highest BCUT2D eigenvalue weighted by molar-refractivity contribution is 7.89. The summed E-state index contributed by atoms with van der Waals surface area (Å²) in [7, 11) is -0.817. The lowest BCUT2D eigenvalue weighted by atomic mass is 10.1. The molecule has 9 nitrogen and oxygen atoms in total. The summed E-state index contributed by atoms with van der Waals surface area (Å²) in [5.41, 5.74) is 1.55. The fourth-order valence-electron chi connectivity index (χ4n) is 2.79. The van der Waals surface area contributed by atoms with Gasteiger partial charge in [0.05, 0.1) is 6.04 Å². The molecule has 0 aliphatic rings. The van der Waals surface area contributed by atoms with Crippen molar-refractivity contribution in [2.75, 3.05) is 14.1 Å². The Kier molecular flexibility index (Phi) is 6.57. The van der Waals surface area contributed by atoms with Crippen LogP contribution in [0.15, 0.2) is 33.7 Å². The Morgan fingerprint density at radius 3 is 2.32 bits per heavy atom. The van der Waals surface area contributed by atoms with Crippen LogP contribution in [0.3, 0.4) is 0 Å². The van der Waals surface area contributed by atoms with Gasteiger partial charge in [-0.05, 0) is 38.5 Å². The van der Waals surface area contributed by atoms with Crippen LogP contribution in [0.4, 0.5) is 0 Å². The monoisotopic (exact) mass is 408 g/mol. The van der Waals surface area contributed by atoms with Crippen LogP contribution in [0.2, 0.25) is 0 Å². The van der Waals surface area contributed by atoms with Crippen molar-refractivity contribution in [2.24, 2.45) is 0 Å². The number of aromatic nitrogens is 1. The predicted molar refractivity (Wildman–Crippen MR) is 102 cm³/mol. The van der Waals surface area contributed by atoms with Crippen molar-refractivity contribution in [3.8, 4) is 0 Å². The van der Waals surface area contributed by atoms with Gasteiger partial charge in [-0.1, -0.05) is 17.3 Å². The number of nitrogens with zero attached hydrogens (tertiary/aromatic N) is 2. The van der Waals surface area contributed by atoms with E-state index in [4.69, 9.17) is 4.52 Å². The average molecular weight is 408 g/mol. The van der Waals surface area contributed by atoms with Crippen molar-refractivity contribution in [2.45, 2.75) is 38.3 Å². The highest BCUT2D eigenvalue weighted by Crippen LogP contribution is 2.19. The normalized spacial score (nSPS) is 12.5. The fraction of sp³-hybridized carbons (Fsp3) is 0.389. The molecule has 2 N–H and O–H groups in total. The SMILES string of the molecule is CNC(=O)c1ccc(CN(C)C(=O)[C@H](C)NS(=O)(=O)c2c(C)noc2C)cc1. The molecule has 28 heavy (non-hydrogen) atoms. The number of sulfonamides is 1. The van der Waals surface area contributed by atoms with Gasteiger partial charge >= 0.3 is 0 Å². The van der Waals surface area contributed by atoms with Gasteiger partial charge in [-0.25, -0.2) is 8.42 Å². The van der Waals surface area contributed by atoms with Crippen molar-refractivity contribution in [1.82, 2.24) is 20.1 Å². The van der Waals surface area contributed by atoms with Crippen molar-refractivity contribution in [1.29, 1.82) is 0 Å². The summed E-state index contributed by atoms with van der Waals surface area (Å²) in [5, 5.41) is 6.17. The van der Waals surface area contributed by atoms with Gasteiger partial charge in [0.25, 0.3) is 5.91 Å². The van der Waals surface area contributed by atoms with Gasteiger partial charge in [-0.15, -0.1) is 0 Å². The van der Waals surface area contributed by atoms with E-state index >= 15 is 0 Å². The van der Waals surface area contributed by atoms with E-state index in [0.29, 0.717) is 5.56 Å². The molecule has 0 bridgehead atoms. The zero-order valence-electron chi connectivity index (χ0n) is 16.4. The van der Waals surface area contributed by atoms with Gasteiger partial charge in [0, 0.05) is 26.2 Å². The highest BCUT2D eigenvalue weighted by Gasteiger charge is 2.29. The Labute approximate surface area is 164 Å². The number of hydrogen-bond acceptors (Lipinski definition) is 6. The standard InChI is InChI=1S/C18H24N4O5S/c1-11-16(13(3)27-20-11)28(25,26)21-12(2)18(24)22(5)10-14-6-8-15(9-7-14)17(23)19-4/h6-9,12,21H,10H2,1-5H3,(H,19,23)/t12-/m0/s1. The van der Waals surface area contributed by atoms with Crippen LogP contribution in [-0.2, 0) is 21.4 Å². The van der Waals surface area contributed by atoms with Crippen molar-refractivity contribution >= 4 is 21.8 Å². The summed E-state index contributed by atoms with van der Waals surface area (Å²) in [5.74, 6) is -0.432. The zero-order valence-corrected chi connectivity index (χ0v) is 17.3. The number of nitrogens with one attached hydrogen (secondary N) is 2. The Bertz CT molecular complexity index is 947. The Morgan fingerprint density at radius 2 is 1.82 bits per heavy atom. The first-order chi connectivity index (χ1) is 13.1. The summed E-state index contributed by atoms with van der Waals surface area (Å²) < 4.78 is 32.3. The quantitative estimate of drug-likeness (QED) is 0.704. The first-order valence-electron chi connectivity index (χ1n) is 8.58. The first kappa shape index (κ1) is 21.6. The number of likely N-dealkylation sites (N-methyl/N-ethyl adjacent to an activating group) is 1. The number of aryl methyl sites for hydroxylation is 2. The zero-order chi connectivity index (χ0) is 21.1. The molecule has 1 aromatic heterocycles. The van der Waals surface area contributed by atoms with E-state index in [0.717, 1.165) is 5.56 Å². The number of carbonyl (C=O) groups is 2. The van der Waals surface area contributed by atoms with E-state index in [2.05, 4.69) is 15.2 Å². The van der Waals surface area contributed by atoms with Crippen molar-refractivity contribution in [3.05, 3.63) is 46.8 Å². The van der Waals surface area contributed by atoms with Gasteiger partial charge in [0.1, 0.15) is 10.6 Å². The van der Waals surface area contributed by atoms with Crippen LogP contribution >= 0.6 is 0 Å². The van der Waals surface area contributed by atoms with Crippen LogP contribution in [0.25, 0.3) is 0 Å². The molecule has 1 atom stereocenters. The molecule has 10 heteroatoms. The second-order valence-electron chi connectivity index (χ2n) is 6.47. The number of amides is 2. The van der Waals surface area contributed by atoms with Crippen LogP contribution in [0.5, 0.6) is 0 Å². The molecule has 1 aromatic carbocycles. The lowest BCUT2D eigenvalue weighted by Crippen LogP contribution is -2.45. The second-order valence-corrected chi connectivity index (χ2v) is 8.12. The maximum atomic E-state index is 12.6. The molecule has 2 aromatic rings. The van der Waals surface area contributed by atoms with Crippen molar-refractivity contribution < 1.29 is 22.5 Å². The number of carbonyl (C=O) groups excluding carboxylic acids is 2. The molecule has 0 aliphatic heterocycles. The van der Waals surface area contributed by atoms with Crippen LogP contribution in [0.1, 0.15) is 34.3 Å². The van der Waals surface area contributed by atoms with Crippen LogP contribution in [0, 0.1) is 13.8 Å². The minimum atomic E-state index is -3.95. The summed E-state index contributed by atoms with van der Waals surface area (Å²) in [4.78, 5) is 25.5. The number of benzene rings is 1. The van der Waals surface area contributed by atoms with Gasteiger partial charge in [-0.2, -0.15) is 4.72 Å². The molecular weight excluding hydrogens is 384 g/mol. The van der Waals surface area contributed by atoms with E-state index in [1.807, 2.05) is 0 Å². The fourth-order valence-corrected chi connectivity index (χ4v) is 4.31. The molecule has 0 saturated heterocycles. The third-order valence-electron chi connectivity index (χ3n) is 4.18. The highest BCUT2D eigenvalue weighted by atomic mass is 32.2. The summed E-state index contributed by atoms with van der Waals surface area (Å²) in [6, 6.07) is 5.83. The van der Waals surface area contributed by atoms with Crippen LogP contribution < -0.4 is 10.0 Å². The van der Waals surface area contributed by atoms with Gasteiger partial charge in [-0.3, -0.25) is 9.59 Å². The largest absolute Gasteiger partial charge is 0.360 e. The van der Waals surface area contributed by atoms with Gasteiger partial charge in [0.2, 0.25) is 15.9 Å². The summed E-state index contributed by atoms with van der Waals surface area (Å²) >= 11 is 0. The third-order valence-corrected chi connectivity index (χ3v) is 5.96. The molecule has 2 rings (SSSR count). The number of rotatable bonds is 7. The van der Waals surface area contributed by atoms with Crippen LogP contribution in [-0.4, -0.2) is 50.4 Å². The third kappa shape index (κ3) is 4.76. The molecule has 2 amide bonds. The molecule has 1 heterocycles. The molecule has 152 valence electrons. The van der Waals surface area contributed by atoms with E-state index < -0.39 is 22.0 Å². The minimum Gasteiger partial charge on any atom is -0.360 e. The molecule has 0 fully saturated rings. The lowest BCUT2D eigenvalue weighted by molar-refractivity contribution is -0.131. The van der Waals surface area contributed by atoms with Gasteiger partial charge < -0.3 is 14.7 Å². The smallest absolute Gasteiger partial charge is 0.251 e. The van der Waals surface area contributed by atoms with E-state index in [1.54, 1.807) is 38.4 Å². The molecule has 0 radical (unpaired) electrons. The molecular formula is C18H24N4O5S. The Morgan fingerprint density at radius 1 is 1.21 bits per heavy atom. The Hall–Kier alpha value is -2.72. The van der Waals surface area contributed by atoms with Crippen molar-refractivity contribution in [3.63, 3.8) is 0 Å². The molecule has 0 aliphatic carbocycles. The topological polar surface area (TPSA) is 122 Å². The van der Waals surface area contributed by atoms with Gasteiger partial charge in [0.15, 0.2) is 5.76 Å². The Balaban J connectivity index is 2.05. The molecule has 0 unspecified atom stereocenters. The predicted octanol–water partition coefficient (Wildman–Crippen LogP) is 0.976. The maximum absolute atomic E-state index is 12.6. The van der Waals surface area contributed by atoms with E-state index in [9.17, 15) is 18.0 Å². The second kappa shape index (κ2) is 8.53. The molecule has 0 saturated carbocycles. The summed E-state index contributed by atoms with van der Waals surface area (Å²) in [6.45, 7) is 4.76. The van der Waals surface area contributed by atoms with E-state index in [1.165, 1.54) is 25.7 Å². The lowest BCUT2D eigenvalue weighted by Gasteiger charge is -2.22.